The van der Waals surface area contributed by atoms with Crippen LogP contribution in [0.5, 0.6) is 0 Å². The van der Waals surface area contributed by atoms with Gasteiger partial charge in [-0.25, -0.2) is 0 Å². The molecule has 1 aliphatic rings. The van der Waals surface area contributed by atoms with Gasteiger partial charge in [-0.1, -0.05) is 51.1 Å². The van der Waals surface area contributed by atoms with E-state index < -0.39 is 38.5 Å². The first kappa shape index (κ1) is 21.5. The quantitative estimate of drug-likeness (QED) is 0.736. The molecule has 4 atom stereocenters. The lowest BCUT2D eigenvalue weighted by atomic mass is 9.97. The molecule has 1 saturated heterocycles. The Morgan fingerprint density at radius 3 is 2.19 bits per heavy atom. The number of hydrogen-bond donors (Lipinski definition) is 2. The average molecular weight is 383 g/mol. The van der Waals surface area contributed by atoms with E-state index in [1.165, 1.54) is 0 Å². The summed E-state index contributed by atoms with van der Waals surface area (Å²) >= 11 is 0. The average Bonchev–Trinajstić information content (AvgIpc) is 2.91. The van der Waals surface area contributed by atoms with Crippen molar-refractivity contribution in [1.82, 2.24) is 0 Å². The maximum absolute atomic E-state index is 11.0. The standard InChI is InChI=1S/C20H34O5Si/c1-19(2,3)26(6,7)25-18(16(21)14-11-9-8-10-12-14)17(22)15-13-23-20(4,5)24-15/h8-12,15-18,21-22H,13H2,1-7H3/t15-,16-,17+,18+/m0/s1. The van der Waals surface area contributed by atoms with Gasteiger partial charge in [0.15, 0.2) is 14.1 Å². The first-order valence-corrected chi connectivity index (χ1v) is 12.2. The zero-order valence-corrected chi connectivity index (χ0v) is 18.0. The Morgan fingerprint density at radius 2 is 1.73 bits per heavy atom. The van der Waals surface area contributed by atoms with Gasteiger partial charge in [0, 0.05) is 0 Å². The molecule has 0 unspecified atom stereocenters. The van der Waals surface area contributed by atoms with Gasteiger partial charge >= 0.3 is 0 Å². The van der Waals surface area contributed by atoms with Gasteiger partial charge in [-0.15, -0.1) is 0 Å². The Morgan fingerprint density at radius 1 is 1.15 bits per heavy atom. The Bertz CT molecular complexity index is 582. The van der Waals surface area contributed by atoms with Gasteiger partial charge in [-0.2, -0.15) is 0 Å². The van der Waals surface area contributed by atoms with Crippen LogP contribution >= 0.6 is 0 Å². The van der Waals surface area contributed by atoms with Gasteiger partial charge in [0.25, 0.3) is 0 Å². The van der Waals surface area contributed by atoms with E-state index in [9.17, 15) is 10.2 Å². The van der Waals surface area contributed by atoms with Crippen LogP contribution in [0.4, 0.5) is 0 Å². The van der Waals surface area contributed by atoms with Crippen LogP contribution in [-0.4, -0.2) is 49.2 Å². The summed E-state index contributed by atoms with van der Waals surface area (Å²) in [5, 5.41) is 22.0. The highest BCUT2D eigenvalue weighted by molar-refractivity contribution is 6.74. The summed E-state index contributed by atoms with van der Waals surface area (Å²) < 4.78 is 17.9. The molecule has 26 heavy (non-hydrogen) atoms. The Labute approximate surface area is 158 Å². The van der Waals surface area contributed by atoms with Crippen molar-refractivity contribution in [2.75, 3.05) is 6.61 Å². The first-order valence-electron chi connectivity index (χ1n) is 9.25. The lowest BCUT2D eigenvalue weighted by Gasteiger charge is -2.42. The van der Waals surface area contributed by atoms with Gasteiger partial charge in [0.2, 0.25) is 0 Å². The largest absolute Gasteiger partial charge is 0.408 e. The molecule has 5 nitrogen and oxygen atoms in total. The second-order valence-corrected chi connectivity index (χ2v) is 13.8. The topological polar surface area (TPSA) is 68.2 Å². The highest BCUT2D eigenvalue weighted by Gasteiger charge is 2.47. The van der Waals surface area contributed by atoms with Gasteiger partial charge in [-0.3, -0.25) is 0 Å². The van der Waals surface area contributed by atoms with Crippen molar-refractivity contribution >= 4 is 8.32 Å². The third kappa shape index (κ3) is 4.94. The van der Waals surface area contributed by atoms with Crippen LogP contribution < -0.4 is 0 Å². The highest BCUT2D eigenvalue weighted by atomic mass is 28.4. The number of hydrogen-bond acceptors (Lipinski definition) is 5. The number of aliphatic hydroxyl groups is 2. The number of benzene rings is 1. The molecule has 2 N–H and O–H groups in total. The van der Waals surface area contributed by atoms with Crippen molar-refractivity contribution in [1.29, 1.82) is 0 Å². The smallest absolute Gasteiger partial charge is 0.192 e. The highest BCUT2D eigenvalue weighted by Crippen LogP contribution is 2.40. The molecule has 1 fully saturated rings. The fraction of sp³-hybridized carbons (Fsp3) is 0.700. The molecule has 0 bridgehead atoms. The minimum absolute atomic E-state index is 0.0479. The van der Waals surface area contributed by atoms with Gasteiger partial charge < -0.3 is 24.1 Å². The molecule has 0 radical (unpaired) electrons. The first-order chi connectivity index (χ1) is 11.8. The zero-order valence-electron chi connectivity index (χ0n) is 17.0. The lowest BCUT2D eigenvalue weighted by Crippen LogP contribution is -2.52. The molecule has 148 valence electrons. The van der Waals surface area contributed by atoms with E-state index in [0.717, 1.165) is 0 Å². The van der Waals surface area contributed by atoms with E-state index in [4.69, 9.17) is 13.9 Å². The molecular formula is C20H34O5Si. The molecule has 6 heteroatoms. The van der Waals surface area contributed by atoms with Crippen molar-refractivity contribution < 1.29 is 24.1 Å². The van der Waals surface area contributed by atoms with Crippen molar-refractivity contribution in [2.24, 2.45) is 0 Å². The molecular weight excluding hydrogens is 348 g/mol. The normalized spacial score (nSPS) is 24.3. The number of ether oxygens (including phenoxy) is 2. The second-order valence-electron chi connectivity index (χ2n) is 9.06. The molecule has 0 spiro atoms. The van der Waals surface area contributed by atoms with Crippen LogP contribution in [0.1, 0.15) is 46.3 Å². The predicted octanol–water partition coefficient (Wildman–Crippen LogP) is 3.62. The predicted molar refractivity (Wildman–Crippen MR) is 104 cm³/mol. The lowest BCUT2D eigenvalue weighted by molar-refractivity contribution is -0.166. The van der Waals surface area contributed by atoms with Crippen LogP contribution in [0.2, 0.25) is 18.1 Å². The molecule has 1 aromatic rings. The van der Waals surface area contributed by atoms with E-state index in [-0.39, 0.29) is 11.6 Å². The SMILES string of the molecule is CC1(C)OC[C@@H]([C@@H](O)[C@H](O[Si](C)(C)C(C)(C)C)[C@@H](O)c2ccccc2)O1. The maximum atomic E-state index is 11.0. The van der Waals surface area contributed by atoms with Crippen molar-refractivity contribution in [3.05, 3.63) is 35.9 Å². The van der Waals surface area contributed by atoms with E-state index in [2.05, 4.69) is 33.9 Å². The van der Waals surface area contributed by atoms with Crippen LogP contribution in [0.15, 0.2) is 30.3 Å². The van der Waals surface area contributed by atoms with Crippen molar-refractivity contribution in [3.63, 3.8) is 0 Å². The van der Waals surface area contributed by atoms with E-state index in [0.29, 0.717) is 5.56 Å². The van der Waals surface area contributed by atoms with Crippen LogP contribution in [0, 0.1) is 0 Å². The molecule has 1 aliphatic heterocycles. The van der Waals surface area contributed by atoms with Crippen LogP contribution in [0.25, 0.3) is 0 Å². The minimum Gasteiger partial charge on any atom is -0.408 e. The fourth-order valence-electron chi connectivity index (χ4n) is 2.77. The maximum Gasteiger partial charge on any atom is 0.192 e. The van der Waals surface area contributed by atoms with E-state index >= 15 is 0 Å². The van der Waals surface area contributed by atoms with Crippen molar-refractivity contribution in [3.8, 4) is 0 Å². The number of rotatable bonds is 6. The monoisotopic (exact) mass is 382 g/mol. The third-order valence-corrected chi connectivity index (χ3v) is 9.91. The summed E-state index contributed by atoms with van der Waals surface area (Å²) in [7, 11) is -2.23. The summed E-state index contributed by atoms with van der Waals surface area (Å²) in [4.78, 5) is 0. The Balaban J connectivity index is 2.29. The third-order valence-electron chi connectivity index (χ3n) is 5.44. The van der Waals surface area contributed by atoms with Crippen LogP contribution in [-0.2, 0) is 13.9 Å². The van der Waals surface area contributed by atoms with E-state index in [1.807, 2.05) is 44.2 Å². The Hall–Kier alpha value is -0.763. The molecule has 0 aliphatic carbocycles. The van der Waals surface area contributed by atoms with Crippen LogP contribution in [0.3, 0.4) is 0 Å². The molecule has 0 amide bonds. The summed E-state index contributed by atoms with van der Waals surface area (Å²) in [6.45, 7) is 14.5. The summed E-state index contributed by atoms with van der Waals surface area (Å²) in [6.07, 6.45) is -3.28. The summed E-state index contributed by atoms with van der Waals surface area (Å²) in [6, 6.07) is 9.32. The second kappa shape index (κ2) is 7.70. The molecule has 0 aromatic heterocycles. The minimum atomic E-state index is -2.23. The molecule has 0 saturated carbocycles. The Kier molecular flexibility index (Phi) is 6.37. The van der Waals surface area contributed by atoms with Gasteiger partial charge in [-0.05, 0) is 37.5 Å². The number of aliphatic hydroxyl groups excluding tert-OH is 2. The van der Waals surface area contributed by atoms with Gasteiger partial charge in [0.1, 0.15) is 24.4 Å². The summed E-state index contributed by atoms with van der Waals surface area (Å²) in [5.41, 5.74) is 0.716. The molecule has 1 heterocycles. The summed E-state index contributed by atoms with van der Waals surface area (Å²) in [5.74, 6) is -0.745. The fourth-order valence-corrected chi connectivity index (χ4v) is 4.08. The van der Waals surface area contributed by atoms with Crippen molar-refractivity contribution in [2.45, 2.75) is 83.0 Å². The van der Waals surface area contributed by atoms with E-state index in [1.54, 1.807) is 0 Å². The van der Waals surface area contributed by atoms with Gasteiger partial charge in [0.05, 0.1) is 6.61 Å². The zero-order chi connectivity index (χ0) is 19.8. The molecule has 2 rings (SSSR count). The molecule has 1 aromatic carbocycles.